The maximum absolute atomic E-state index is 7.31. The third kappa shape index (κ3) is 3.81. The molecule has 1 rings (SSSR count). The molecule has 8 nitrogen and oxygen atoms in total. The quantitative estimate of drug-likeness (QED) is 0.496. The minimum absolute atomic E-state index is 0.0128. The highest BCUT2D eigenvalue weighted by molar-refractivity contribution is 6.69. The van der Waals surface area contributed by atoms with Crippen LogP contribution in [0.2, 0.25) is 0 Å². The highest BCUT2D eigenvalue weighted by atomic mass is 35.5. The van der Waals surface area contributed by atoms with Gasteiger partial charge in [0.05, 0.1) is 11.3 Å². The summed E-state index contributed by atoms with van der Waals surface area (Å²) >= 11 is 5.54. The Hall–Kier alpha value is -2.35. The van der Waals surface area contributed by atoms with Crippen molar-refractivity contribution in [2.45, 2.75) is 6.92 Å². The van der Waals surface area contributed by atoms with Gasteiger partial charge >= 0.3 is 0 Å². The summed E-state index contributed by atoms with van der Waals surface area (Å²) in [6.07, 6.45) is 2.85. The summed E-state index contributed by atoms with van der Waals surface area (Å²) in [6, 6.07) is 0. The Morgan fingerprint density at radius 1 is 1.42 bits per heavy atom. The van der Waals surface area contributed by atoms with Gasteiger partial charge in [-0.2, -0.15) is 9.97 Å². The van der Waals surface area contributed by atoms with E-state index < -0.39 is 0 Å². The number of nitrogens with two attached hydrogens (primary N) is 3. The molecule has 0 aliphatic carbocycles. The van der Waals surface area contributed by atoms with Crippen molar-refractivity contribution in [1.29, 1.82) is 5.41 Å². The van der Waals surface area contributed by atoms with Gasteiger partial charge in [0.25, 0.3) is 0 Å². The predicted molar refractivity (Wildman–Crippen MR) is 78.5 cm³/mol. The largest absolute Gasteiger partial charge is 0.403 e. The topological polar surface area (TPSA) is 152 Å². The average Bonchev–Trinajstić information content (AvgIpc) is 2.33. The summed E-state index contributed by atoms with van der Waals surface area (Å²) in [4.78, 5) is 11.9. The fourth-order valence-electron chi connectivity index (χ4n) is 1.21. The summed E-state index contributed by atoms with van der Waals surface area (Å²) < 4.78 is 0. The van der Waals surface area contributed by atoms with E-state index >= 15 is 0 Å². The van der Waals surface area contributed by atoms with Crippen LogP contribution in [-0.2, 0) is 0 Å². The van der Waals surface area contributed by atoms with Gasteiger partial charge in [0, 0.05) is 19.0 Å². The molecule has 1 aromatic rings. The number of allylic oxidation sites excluding steroid dienone is 1. The van der Waals surface area contributed by atoms with Gasteiger partial charge in [-0.25, -0.2) is 0 Å². The van der Waals surface area contributed by atoms with Crippen LogP contribution in [0.3, 0.4) is 0 Å². The fourth-order valence-corrected chi connectivity index (χ4v) is 1.41. The van der Waals surface area contributed by atoms with E-state index in [0.29, 0.717) is 12.2 Å². The number of halogens is 1. The minimum atomic E-state index is -0.316. The van der Waals surface area contributed by atoms with Crippen LogP contribution in [0.25, 0.3) is 0 Å². The summed E-state index contributed by atoms with van der Waals surface area (Å²) in [5.41, 5.74) is 17.3. The van der Waals surface area contributed by atoms with Crippen LogP contribution in [0.4, 0.5) is 17.6 Å². The monoisotopic (exact) mass is 282 g/mol. The second kappa shape index (κ2) is 6.55. The van der Waals surface area contributed by atoms with E-state index in [0.717, 1.165) is 0 Å². The second-order valence-corrected chi connectivity index (χ2v) is 3.76. The van der Waals surface area contributed by atoms with Gasteiger partial charge in [0.15, 0.2) is 0 Å². The maximum atomic E-state index is 7.31. The number of nitrogen functional groups attached to an aromatic ring is 2. The van der Waals surface area contributed by atoms with E-state index in [4.69, 9.17) is 34.2 Å². The lowest BCUT2D eigenvalue weighted by Gasteiger charge is -2.09. The molecule has 19 heavy (non-hydrogen) atoms. The highest BCUT2D eigenvalue weighted by Gasteiger charge is 2.13. The van der Waals surface area contributed by atoms with Crippen molar-refractivity contribution in [3.8, 4) is 0 Å². The zero-order valence-corrected chi connectivity index (χ0v) is 11.1. The fraction of sp³-hybridized carbons (Fsp3) is 0.200. The van der Waals surface area contributed by atoms with Gasteiger partial charge < -0.3 is 22.5 Å². The van der Waals surface area contributed by atoms with Crippen LogP contribution in [0.5, 0.6) is 0 Å². The van der Waals surface area contributed by atoms with Crippen molar-refractivity contribution >= 4 is 40.6 Å². The molecule has 9 heteroatoms. The van der Waals surface area contributed by atoms with Crippen molar-refractivity contribution in [2.24, 2.45) is 10.7 Å². The molecule has 0 unspecified atom stereocenters. The van der Waals surface area contributed by atoms with Crippen molar-refractivity contribution in [3.05, 3.63) is 17.5 Å². The Morgan fingerprint density at radius 2 is 2.00 bits per heavy atom. The Kier molecular flexibility index (Phi) is 5.07. The first-order chi connectivity index (χ1) is 8.99. The number of nitrogens with zero attached hydrogens (tertiary/aromatic N) is 3. The number of hydrogen-bond acceptors (Lipinski definition) is 8. The standard InChI is InChI=1S/C10H15ClN8/c1-2-16-4-5(3-12)17-10-18-8(14)6(7(11)13)9(15)19-10/h3-4,13H,2,12H2,1H3,(H5,14,15,17,18,19). The second-order valence-electron chi connectivity index (χ2n) is 3.38. The van der Waals surface area contributed by atoms with Crippen LogP contribution in [0, 0.1) is 5.41 Å². The summed E-state index contributed by atoms with van der Waals surface area (Å²) in [6.45, 7) is 2.50. The summed E-state index contributed by atoms with van der Waals surface area (Å²) in [5.74, 6) is 0.175. The molecule has 102 valence electrons. The molecule has 0 saturated carbocycles. The lowest BCUT2D eigenvalue weighted by Crippen LogP contribution is -2.13. The van der Waals surface area contributed by atoms with Crippen molar-refractivity contribution in [3.63, 3.8) is 0 Å². The van der Waals surface area contributed by atoms with Crippen molar-refractivity contribution in [2.75, 3.05) is 23.3 Å². The van der Waals surface area contributed by atoms with Crippen molar-refractivity contribution < 1.29 is 0 Å². The molecule has 1 aromatic heterocycles. The van der Waals surface area contributed by atoms with Crippen LogP contribution >= 0.6 is 11.6 Å². The third-order valence-corrected chi connectivity index (χ3v) is 2.22. The molecule has 0 aliphatic heterocycles. The van der Waals surface area contributed by atoms with E-state index in [1.54, 1.807) is 0 Å². The van der Waals surface area contributed by atoms with Crippen LogP contribution < -0.4 is 22.5 Å². The van der Waals surface area contributed by atoms with Gasteiger partial charge in [-0.1, -0.05) is 11.6 Å². The average molecular weight is 283 g/mol. The number of hydrogen-bond donors (Lipinski definition) is 5. The number of aliphatic imine (C=N–C) groups is 1. The molecule has 0 atom stereocenters. The van der Waals surface area contributed by atoms with E-state index in [1.807, 2.05) is 6.92 Å². The van der Waals surface area contributed by atoms with Crippen molar-refractivity contribution in [1.82, 2.24) is 9.97 Å². The summed E-state index contributed by atoms with van der Waals surface area (Å²) in [7, 11) is 0. The van der Waals surface area contributed by atoms with Crippen LogP contribution in [0.15, 0.2) is 16.9 Å². The molecule has 1 heterocycles. The Morgan fingerprint density at radius 3 is 2.42 bits per heavy atom. The molecule has 0 amide bonds. The van der Waals surface area contributed by atoms with Gasteiger partial charge in [-0.3, -0.25) is 10.4 Å². The van der Waals surface area contributed by atoms with Gasteiger partial charge in [0.1, 0.15) is 16.8 Å². The maximum Gasteiger partial charge on any atom is 0.231 e. The molecule has 0 aromatic carbocycles. The Bertz CT molecular complexity index is 513. The first-order valence-corrected chi connectivity index (χ1v) is 5.73. The van der Waals surface area contributed by atoms with E-state index in [1.165, 1.54) is 12.4 Å². The summed E-state index contributed by atoms with van der Waals surface area (Å²) in [5, 5.41) is 9.79. The minimum Gasteiger partial charge on any atom is -0.403 e. The van der Waals surface area contributed by atoms with E-state index in [-0.39, 0.29) is 28.3 Å². The molecule has 0 bridgehead atoms. The van der Waals surface area contributed by atoms with Gasteiger partial charge in [-0.05, 0) is 6.92 Å². The number of nitrogens with one attached hydrogen (secondary N) is 2. The highest BCUT2D eigenvalue weighted by Crippen LogP contribution is 2.20. The molecule has 0 aliphatic rings. The third-order valence-electron chi connectivity index (χ3n) is 2.03. The first-order valence-electron chi connectivity index (χ1n) is 5.35. The molecule has 0 spiro atoms. The first kappa shape index (κ1) is 14.7. The number of anilines is 3. The predicted octanol–water partition coefficient (Wildman–Crippen LogP) is 0.508. The normalized spacial score (nSPS) is 11.8. The lowest BCUT2D eigenvalue weighted by molar-refractivity contribution is 1.13. The van der Waals surface area contributed by atoms with E-state index in [2.05, 4.69) is 20.3 Å². The van der Waals surface area contributed by atoms with Gasteiger partial charge in [-0.15, -0.1) is 0 Å². The molecular formula is C10H15ClN8. The SMILES string of the molecule is CCN=CC(=CN)Nc1nc(N)c(C(=N)Cl)c(N)n1. The molecule has 0 radical (unpaired) electrons. The van der Waals surface area contributed by atoms with Crippen LogP contribution in [-0.4, -0.2) is 27.9 Å². The molecule has 0 saturated heterocycles. The zero-order chi connectivity index (χ0) is 14.4. The number of rotatable bonds is 5. The van der Waals surface area contributed by atoms with Crippen LogP contribution in [0.1, 0.15) is 12.5 Å². The van der Waals surface area contributed by atoms with E-state index in [9.17, 15) is 0 Å². The van der Waals surface area contributed by atoms with Gasteiger partial charge in [0.2, 0.25) is 5.95 Å². The smallest absolute Gasteiger partial charge is 0.231 e. The molecule has 8 N–H and O–H groups in total. The molecular weight excluding hydrogens is 268 g/mol. The zero-order valence-electron chi connectivity index (χ0n) is 10.3. The molecule has 0 fully saturated rings. The lowest BCUT2D eigenvalue weighted by atomic mass is 10.3. The Labute approximate surface area is 115 Å². The number of aromatic nitrogens is 2. The Balaban J connectivity index is 3.04.